The van der Waals surface area contributed by atoms with Gasteiger partial charge in [-0.3, -0.25) is 0 Å². The second-order valence-electron chi connectivity index (χ2n) is 4.02. The maximum Gasteiger partial charge on any atom is 0.436 e. The second kappa shape index (κ2) is 4.84. The second-order valence-corrected chi connectivity index (χ2v) is 4.02. The molecule has 0 spiro atoms. The third-order valence-corrected chi connectivity index (χ3v) is 2.58. The van der Waals surface area contributed by atoms with Crippen LogP contribution in [0.1, 0.15) is 24.6 Å². The molecule has 0 saturated carbocycles. The molecule has 18 heavy (non-hydrogen) atoms. The minimum atomic E-state index is -4.47. The van der Waals surface area contributed by atoms with E-state index in [1.54, 1.807) is 12.1 Å². The number of hydrogen-bond acceptors (Lipinski definition) is 2. The molecule has 0 atom stereocenters. The molecule has 0 aliphatic rings. The summed E-state index contributed by atoms with van der Waals surface area (Å²) in [5.41, 5.74) is 0.741. The molecule has 0 aliphatic carbocycles. The summed E-state index contributed by atoms with van der Waals surface area (Å²) in [7, 11) is 0. The highest BCUT2D eigenvalue weighted by atomic mass is 19.4. The van der Waals surface area contributed by atoms with Crippen LogP contribution in [0.25, 0.3) is 11.3 Å². The fourth-order valence-corrected chi connectivity index (χ4v) is 1.67. The molecule has 0 bridgehead atoms. The summed E-state index contributed by atoms with van der Waals surface area (Å²) >= 11 is 0. The molecule has 0 fully saturated rings. The van der Waals surface area contributed by atoms with Crippen LogP contribution in [-0.4, -0.2) is 5.16 Å². The van der Waals surface area contributed by atoms with Crippen LogP contribution in [-0.2, 0) is 12.6 Å². The van der Waals surface area contributed by atoms with Gasteiger partial charge in [-0.25, -0.2) is 0 Å². The first-order valence-corrected chi connectivity index (χ1v) is 5.64. The highest BCUT2D eigenvalue weighted by Crippen LogP contribution is 2.31. The van der Waals surface area contributed by atoms with Crippen molar-refractivity contribution in [3.8, 4) is 11.3 Å². The monoisotopic (exact) mass is 255 g/mol. The molecule has 1 heterocycles. The molecule has 0 saturated heterocycles. The molecular formula is C13H12F3NO. The van der Waals surface area contributed by atoms with Crippen LogP contribution in [0.4, 0.5) is 13.2 Å². The van der Waals surface area contributed by atoms with Crippen LogP contribution in [0.2, 0.25) is 0 Å². The molecule has 5 heteroatoms. The smallest absolute Gasteiger partial charge is 0.356 e. The molecule has 2 aromatic rings. The summed E-state index contributed by atoms with van der Waals surface area (Å²) in [5.74, 6) is 0.130. The predicted octanol–water partition coefficient (Wildman–Crippen LogP) is 4.31. The van der Waals surface area contributed by atoms with Crippen LogP contribution in [0.15, 0.2) is 34.9 Å². The van der Waals surface area contributed by atoms with Crippen molar-refractivity contribution in [1.82, 2.24) is 5.16 Å². The maximum absolute atomic E-state index is 12.4. The first kappa shape index (κ1) is 12.7. The Kier molecular flexibility index (Phi) is 3.41. The quantitative estimate of drug-likeness (QED) is 0.816. The van der Waals surface area contributed by atoms with E-state index in [-0.39, 0.29) is 5.76 Å². The Balaban J connectivity index is 2.23. The molecule has 0 unspecified atom stereocenters. The van der Waals surface area contributed by atoms with E-state index in [0.717, 1.165) is 24.5 Å². The molecular weight excluding hydrogens is 243 g/mol. The van der Waals surface area contributed by atoms with Gasteiger partial charge in [-0.2, -0.15) is 13.2 Å². The van der Waals surface area contributed by atoms with Crippen LogP contribution in [0, 0.1) is 0 Å². The Morgan fingerprint density at radius 2 is 1.83 bits per heavy atom. The summed E-state index contributed by atoms with van der Waals surface area (Å²) in [6.45, 7) is 2.07. The van der Waals surface area contributed by atoms with Gasteiger partial charge in [0.15, 0.2) is 11.5 Å². The summed E-state index contributed by atoms with van der Waals surface area (Å²) in [5, 5.41) is 3.02. The third-order valence-electron chi connectivity index (χ3n) is 2.58. The standard InChI is InChI=1S/C13H12F3NO/c1-2-3-9-4-6-10(7-5-9)11-8-12(17-18-11)13(14,15)16/h4-8H,2-3H2,1H3. The highest BCUT2D eigenvalue weighted by molar-refractivity contribution is 5.57. The van der Waals surface area contributed by atoms with E-state index in [2.05, 4.69) is 12.1 Å². The molecule has 2 rings (SSSR count). The van der Waals surface area contributed by atoms with Crippen molar-refractivity contribution in [3.63, 3.8) is 0 Å². The van der Waals surface area contributed by atoms with Crippen LogP contribution >= 0.6 is 0 Å². The molecule has 0 aliphatic heterocycles. The van der Waals surface area contributed by atoms with E-state index in [1.165, 1.54) is 0 Å². The minimum absolute atomic E-state index is 0.130. The van der Waals surface area contributed by atoms with E-state index < -0.39 is 11.9 Å². The van der Waals surface area contributed by atoms with Gasteiger partial charge in [-0.05, 0) is 12.0 Å². The van der Waals surface area contributed by atoms with E-state index >= 15 is 0 Å². The number of nitrogens with zero attached hydrogens (tertiary/aromatic N) is 1. The Morgan fingerprint density at radius 1 is 1.17 bits per heavy atom. The number of hydrogen-bond donors (Lipinski definition) is 0. The van der Waals surface area contributed by atoms with E-state index in [0.29, 0.717) is 5.56 Å². The number of halogens is 3. The Bertz CT molecular complexity index is 514. The van der Waals surface area contributed by atoms with Gasteiger partial charge >= 0.3 is 6.18 Å². The Labute approximate surface area is 102 Å². The minimum Gasteiger partial charge on any atom is -0.356 e. The number of alkyl halides is 3. The van der Waals surface area contributed by atoms with Crippen molar-refractivity contribution < 1.29 is 17.7 Å². The number of rotatable bonds is 3. The van der Waals surface area contributed by atoms with Crippen LogP contribution in [0.5, 0.6) is 0 Å². The summed E-state index contributed by atoms with van der Waals surface area (Å²) in [4.78, 5) is 0. The van der Waals surface area contributed by atoms with Gasteiger partial charge in [0.05, 0.1) is 0 Å². The molecule has 2 nitrogen and oxygen atoms in total. The van der Waals surface area contributed by atoms with Gasteiger partial charge < -0.3 is 4.52 Å². The lowest BCUT2D eigenvalue weighted by molar-refractivity contribution is -0.142. The van der Waals surface area contributed by atoms with Crippen molar-refractivity contribution in [2.75, 3.05) is 0 Å². The molecule has 0 radical (unpaired) electrons. The van der Waals surface area contributed by atoms with Crippen molar-refractivity contribution in [2.24, 2.45) is 0 Å². The van der Waals surface area contributed by atoms with Crippen LogP contribution < -0.4 is 0 Å². The Hall–Kier alpha value is -1.78. The van der Waals surface area contributed by atoms with Gasteiger partial charge in [0.2, 0.25) is 0 Å². The zero-order valence-electron chi connectivity index (χ0n) is 9.79. The Morgan fingerprint density at radius 3 is 2.33 bits per heavy atom. The highest BCUT2D eigenvalue weighted by Gasteiger charge is 2.35. The zero-order valence-corrected chi connectivity index (χ0v) is 9.79. The van der Waals surface area contributed by atoms with E-state index in [9.17, 15) is 13.2 Å². The lowest BCUT2D eigenvalue weighted by atomic mass is 10.1. The summed E-state index contributed by atoms with van der Waals surface area (Å²) < 4.78 is 41.8. The maximum atomic E-state index is 12.4. The van der Waals surface area contributed by atoms with Crippen molar-refractivity contribution >= 4 is 0 Å². The number of aryl methyl sites for hydroxylation is 1. The first-order chi connectivity index (χ1) is 8.50. The van der Waals surface area contributed by atoms with E-state index in [1.807, 2.05) is 12.1 Å². The third kappa shape index (κ3) is 2.72. The normalized spacial score (nSPS) is 11.8. The zero-order chi connectivity index (χ0) is 13.2. The van der Waals surface area contributed by atoms with Gasteiger partial charge in [0.1, 0.15) is 0 Å². The lowest BCUT2D eigenvalue weighted by Crippen LogP contribution is -2.04. The fourth-order valence-electron chi connectivity index (χ4n) is 1.67. The fraction of sp³-hybridized carbons (Fsp3) is 0.308. The van der Waals surface area contributed by atoms with Gasteiger partial charge in [0, 0.05) is 11.6 Å². The molecule has 1 aromatic carbocycles. The van der Waals surface area contributed by atoms with Gasteiger partial charge in [0.25, 0.3) is 0 Å². The molecule has 0 N–H and O–H groups in total. The van der Waals surface area contributed by atoms with Gasteiger partial charge in [-0.15, -0.1) is 0 Å². The predicted molar refractivity (Wildman–Crippen MR) is 60.9 cm³/mol. The topological polar surface area (TPSA) is 26.0 Å². The van der Waals surface area contributed by atoms with E-state index in [4.69, 9.17) is 4.52 Å². The number of aromatic nitrogens is 1. The summed E-state index contributed by atoms with van der Waals surface area (Å²) in [6, 6.07) is 8.16. The van der Waals surface area contributed by atoms with Crippen molar-refractivity contribution in [3.05, 3.63) is 41.6 Å². The summed E-state index contributed by atoms with van der Waals surface area (Å²) in [6.07, 6.45) is -2.49. The van der Waals surface area contributed by atoms with Crippen molar-refractivity contribution in [1.29, 1.82) is 0 Å². The number of benzene rings is 1. The lowest BCUT2D eigenvalue weighted by Gasteiger charge is -2.00. The molecule has 1 aromatic heterocycles. The largest absolute Gasteiger partial charge is 0.436 e. The average molecular weight is 255 g/mol. The van der Waals surface area contributed by atoms with Crippen LogP contribution in [0.3, 0.4) is 0 Å². The van der Waals surface area contributed by atoms with Gasteiger partial charge in [-0.1, -0.05) is 42.8 Å². The first-order valence-electron chi connectivity index (χ1n) is 5.64. The molecule has 96 valence electrons. The van der Waals surface area contributed by atoms with Crippen molar-refractivity contribution in [2.45, 2.75) is 25.9 Å². The SMILES string of the molecule is CCCc1ccc(-c2cc(C(F)(F)F)no2)cc1. The molecule has 0 amide bonds. The average Bonchev–Trinajstić information content (AvgIpc) is 2.79.